The molecule has 4 heteroatoms. The lowest BCUT2D eigenvalue weighted by Gasteiger charge is -2.39. The molecule has 1 aliphatic heterocycles. The summed E-state index contributed by atoms with van der Waals surface area (Å²) in [5, 5.41) is 1.29. The van der Waals surface area contributed by atoms with Crippen molar-refractivity contribution >= 4 is 23.5 Å². The van der Waals surface area contributed by atoms with Crippen molar-refractivity contribution in [2.75, 3.05) is 0 Å². The van der Waals surface area contributed by atoms with Crippen molar-refractivity contribution in [3.05, 3.63) is 66.2 Å². The Morgan fingerprint density at radius 1 is 1.05 bits per heavy atom. The van der Waals surface area contributed by atoms with Gasteiger partial charge in [-0.25, -0.2) is 0 Å². The lowest BCUT2D eigenvalue weighted by Crippen LogP contribution is -2.56. The molecular formula is C17H22O2Si2. The molecule has 21 heavy (non-hydrogen) atoms. The summed E-state index contributed by atoms with van der Waals surface area (Å²) in [6, 6.07) is 22.3. The molecule has 1 fully saturated rings. The highest BCUT2D eigenvalue weighted by Crippen LogP contribution is 2.35. The molecule has 2 aromatic carbocycles. The van der Waals surface area contributed by atoms with Gasteiger partial charge in [0, 0.05) is 0 Å². The van der Waals surface area contributed by atoms with E-state index in [1.165, 1.54) is 17.2 Å². The minimum atomic E-state index is -2.24. The highest BCUT2D eigenvalue weighted by Gasteiger charge is 2.44. The Bertz CT molecular complexity index is 558. The Labute approximate surface area is 130 Å². The molecule has 1 heterocycles. The molecule has 2 aromatic rings. The van der Waals surface area contributed by atoms with Crippen LogP contribution in [0.5, 0.6) is 0 Å². The van der Waals surface area contributed by atoms with Crippen LogP contribution in [0.25, 0.3) is 0 Å². The van der Waals surface area contributed by atoms with Gasteiger partial charge in [-0.2, -0.15) is 0 Å². The first kappa shape index (κ1) is 14.7. The molecule has 0 saturated carbocycles. The van der Waals surface area contributed by atoms with Gasteiger partial charge in [0.05, 0.1) is 6.10 Å². The Kier molecular flexibility index (Phi) is 4.70. The monoisotopic (exact) mass is 314 g/mol. The van der Waals surface area contributed by atoms with Crippen molar-refractivity contribution < 1.29 is 8.54 Å². The van der Waals surface area contributed by atoms with E-state index in [4.69, 9.17) is 8.54 Å². The highest BCUT2D eigenvalue weighted by molar-refractivity contribution is 6.84. The van der Waals surface area contributed by atoms with Crippen LogP contribution in [-0.2, 0) is 8.54 Å². The van der Waals surface area contributed by atoms with Crippen molar-refractivity contribution in [1.29, 1.82) is 0 Å². The van der Waals surface area contributed by atoms with E-state index < -0.39 is 18.3 Å². The van der Waals surface area contributed by atoms with Crippen molar-refractivity contribution in [2.45, 2.75) is 31.5 Å². The molecule has 1 aliphatic rings. The molecule has 110 valence electrons. The predicted molar refractivity (Wildman–Crippen MR) is 91.6 cm³/mol. The third-order valence-electron chi connectivity index (χ3n) is 4.07. The van der Waals surface area contributed by atoms with Gasteiger partial charge in [0.25, 0.3) is 0 Å². The largest absolute Gasteiger partial charge is 0.438 e. The standard InChI is InChI=1S/C17H22O2Si2/c1-20-19-21(16-11-6-3-7-12-16)14-8-13-17(18-21)15-9-4-2-5-10-15/h2-7,9-12,17H,8,13-14,20H2,1H3. The molecule has 0 amide bonds. The third-order valence-corrected chi connectivity index (χ3v) is 9.98. The van der Waals surface area contributed by atoms with Crippen LogP contribution in [0.3, 0.4) is 0 Å². The van der Waals surface area contributed by atoms with Gasteiger partial charge in [-0.15, -0.1) is 0 Å². The third kappa shape index (κ3) is 3.19. The molecule has 0 radical (unpaired) electrons. The van der Waals surface area contributed by atoms with Crippen molar-refractivity contribution in [1.82, 2.24) is 0 Å². The lowest BCUT2D eigenvalue weighted by atomic mass is 10.1. The molecule has 3 rings (SSSR count). The Morgan fingerprint density at radius 2 is 1.71 bits per heavy atom. The maximum atomic E-state index is 6.64. The summed E-state index contributed by atoms with van der Waals surface area (Å²) in [7, 11) is -2.74. The SMILES string of the molecule is C[SiH2]O[Si]1(c2ccccc2)CCCC(c2ccccc2)O1. The maximum Gasteiger partial charge on any atom is 0.362 e. The number of rotatable bonds is 4. The van der Waals surface area contributed by atoms with E-state index in [2.05, 4.69) is 67.2 Å². The van der Waals surface area contributed by atoms with E-state index >= 15 is 0 Å². The molecule has 1 saturated heterocycles. The minimum Gasteiger partial charge on any atom is -0.438 e. The van der Waals surface area contributed by atoms with Crippen molar-refractivity contribution in [2.24, 2.45) is 0 Å². The fourth-order valence-corrected chi connectivity index (χ4v) is 9.10. The first-order valence-electron chi connectivity index (χ1n) is 7.76. The highest BCUT2D eigenvalue weighted by atomic mass is 28.4. The van der Waals surface area contributed by atoms with Gasteiger partial charge >= 0.3 is 8.56 Å². The van der Waals surface area contributed by atoms with E-state index in [0.29, 0.717) is 0 Å². The smallest absolute Gasteiger partial charge is 0.362 e. The summed E-state index contributed by atoms with van der Waals surface area (Å²) >= 11 is 0. The second-order valence-corrected chi connectivity index (χ2v) is 10.0. The minimum absolute atomic E-state index is 0.187. The van der Waals surface area contributed by atoms with Gasteiger partial charge in [-0.05, 0) is 29.6 Å². The van der Waals surface area contributed by atoms with Gasteiger partial charge < -0.3 is 8.54 Å². The van der Waals surface area contributed by atoms with Gasteiger partial charge in [0.1, 0.15) is 9.76 Å². The number of hydrogen-bond donors (Lipinski definition) is 0. The summed E-state index contributed by atoms with van der Waals surface area (Å²) in [6.45, 7) is 2.20. The zero-order valence-corrected chi connectivity index (χ0v) is 14.9. The zero-order valence-electron chi connectivity index (χ0n) is 12.5. The second kappa shape index (κ2) is 6.70. The maximum absolute atomic E-state index is 6.64. The number of benzene rings is 2. The number of hydrogen-bond acceptors (Lipinski definition) is 2. The average molecular weight is 315 g/mol. The quantitative estimate of drug-likeness (QED) is 0.808. The summed E-state index contributed by atoms with van der Waals surface area (Å²) in [5.74, 6) is 0. The first-order chi connectivity index (χ1) is 10.3. The molecule has 2 unspecified atom stereocenters. The van der Waals surface area contributed by atoms with E-state index in [1.807, 2.05) is 0 Å². The molecular weight excluding hydrogens is 292 g/mol. The second-order valence-electron chi connectivity index (χ2n) is 5.46. The van der Waals surface area contributed by atoms with Crippen LogP contribution in [0.1, 0.15) is 24.5 Å². The molecule has 2 atom stereocenters. The average Bonchev–Trinajstić information content (AvgIpc) is 2.57. The molecule has 0 spiro atoms. The van der Waals surface area contributed by atoms with Crippen LogP contribution >= 0.6 is 0 Å². The Hall–Kier alpha value is -1.21. The Morgan fingerprint density at radius 3 is 2.38 bits per heavy atom. The first-order valence-corrected chi connectivity index (χ1v) is 11.8. The van der Waals surface area contributed by atoms with E-state index in [-0.39, 0.29) is 6.10 Å². The summed E-state index contributed by atoms with van der Waals surface area (Å²) in [6.07, 6.45) is 2.47. The van der Waals surface area contributed by atoms with E-state index in [0.717, 1.165) is 12.5 Å². The van der Waals surface area contributed by atoms with Crippen LogP contribution in [0.4, 0.5) is 0 Å². The molecule has 0 aromatic heterocycles. The van der Waals surface area contributed by atoms with Crippen molar-refractivity contribution in [3.8, 4) is 0 Å². The van der Waals surface area contributed by atoms with Crippen molar-refractivity contribution in [3.63, 3.8) is 0 Å². The van der Waals surface area contributed by atoms with Gasteiger partial charge in [0.2, 0.25) is 0 Å². The summed E-state index contributed by atoms with van der Waals surface area (Å²) in [4.78, 5) is 0. The molecule has 0 bridgehead atoms. The van der Waals surface area contributed by atoms with Crippen LogP contribution < -0.4 is 5.19 Å². The van der Waals surface area contributed by atoms with Gasteiger partial charge in [-0.3, -0.25) is 0 Å². The predicted octanol–water partition coefficient (Wildman–Crippen LogP) is 3.04. The topological polar surface area (TPSA) is 18.5 Å². The summed E-state index contributed by atoms with van der Waals surface area (Å²) < 4.78 is 13.0. The fraction of sp³-hybridized carbons (Fsp3) is 0.294. The normalized spacial score (nSPS) is 26.2. The van der Waals surface area contributed by atoms with Crippen LogP contribution in [0.15, 0.2) is 60.7 Å². The lowest BCUT2D eigenvalue weighted by molar-refractivity contribution is 0.130. The van der Waals surface area contributed by atoms with Gasteiger partial charge in [-0.1, -0.05) is 67.2 Å². The van der Waals surface area contributed by atoms with Crippen LogP contribution in [-0.4, -0.2) is 18.3 Å². The molecule has 0 N–H and O–H groups in total. The fourth-order valence-electron chi connectivity index (χ4n) is 3.10. The van der Waals surface area contributed by atoms with Crippen LogP contribution in [0, 0.1) is 0 Å². The molecule has 0 aliphatic carbocycles. The van der Waals surface area contributed by atoms with Gasteiger partial charge in [0.15, 0.2) is 0 Å². The molecule has 2 nitrogen and oxygen atoms in total. The van der Waals surface area contributed by atoms with Crippen LogP contribution in [0.2, 0.25) is 12.6 Å². The van der Waals surface area contributed by atoms with E-state index in [1.54, 1.807) is 0 Å². The Balaban J connectivity index is 1.90. The van der Waals surface area contributed by atoms with E-state index in [9.17, 15) is 0 Å². The zero-order chi connectivity index (χ0) is 14.5. The summed E-state index contributed by atoms with van der Waals surface area (Å²) in [5.41, 5.74) is 1.28.